The quantitative estimate of drug-likeness (QED) is 0.536. The standard InChI is InChI=1S/C17H16N6O3S2/c1-2-3-11-9-18-17(13-6-7-15(27-13)28(25,26)23-24)20-16(11)19-14-8-12(21-22-14)10-4-5-10/h2-3,6-10H,4-5H2,1H3,(H2,18,19,20,21,22)/p+1/b3-2-. The molecule has 3 N–H and O–H groups in total. The van der Waals surface area contributed by atoms with Gasteiger partial charge in [0.15, 0.2) is 15.9 Å². The van der Waals surface area contributed by atoms with Crippen LogP contribution in [-0.2, 0) is 10.0 Å². The maximum absolute atomic E-state index is 11.7. The van der Waals surface area contributed by atoms with Gasteiger partial charge < -0.3 is 5.32 Å². The first-order chi connectivity index (χ1) is 13.5. The highest BCUT2D eigenvalue weighted by atomic mass is 32.2. The molecule has 11 heteroatoms. The zero-order chi connectivity index (χ0) is 19.7. The molecule has 3 aromatic rings. The van der Waals surface area contributed by atoms with Gasteiger partial charge in [0, 0.05) is 34.3 Å². The Labute approximate surface area is 165 Å². The second-order valence-electron chi connectivity index (χ2n) is 6.31. The van der Waals surface area contributed by atoms with Crippen molar-refractivity contribution in [3.63, 3.8) is 0 Å². The van der Waals surface area contributed by atoms with E-state index in [2.05, 4.69) is 25.5 Å². The van der Waals surface area contributed by atoms with E-state index >= 15 is 0 Å². The van der Waals surface area contributed by atoms with Gasteiger partial charge in [-0.3, -0.25) is 5.10 Å². The van der Waals surface area contributed by atoms with Gasteiger partial charge in [0.05, 0.1) is 4.88 Å². The van der Waals surface area contributed by atoms with Gasteiger partial charge in [-0.25, -0.2) is 9.97 Å². The molecule has 1 fully saturated rings. The molecule has 1 saturated carbocycles. The molecule has 0 saturated heterocycles. The van der Waals surface area contributed by atoms with Crippen LogP contribution in [0.3, 0.4) is 0 Å². The van der Waals surface area contributed by atoms with E-state index in [0.717, 1.165) is 27.2 Å². The highest BCUT2D eigenvalue weighted by Gasteiger charge is 2.26. The minimum absolute atomic E-state index is 0.0884. The minimum atomic E-state index is -4.04. The number of nitroso groups, excluding NO2 is 1. The molecule has 0 radical (unpaired) electrons. The van der Waals surface area contributed by atoms with Crippen molar-refractivity contribution < 1.29 is 13.0 Å². The van der Waals surface area contributed by atoms with Gasteiger partial charge in [-0.1, -0.05) is 12.2 Å². The summed E-state index contributed by atoms with van der Waals surface area (Å²) in [6.45, 7) is 1.89. The van der Waals surface area contributed by atoms with E-state index in [1.54, 1.807) is 12.3 Å². The molecule has 1 aliphatic carbocycles. The summed E-state index contributed by atoms with van der Waals surface area (Å²) in [6, 6.07) is 4.89. The van der Waals surface area contributed by atoms with Gasteiger partial charge in [0.2, 0.25) is 0 Å². The molecule has 0 aromatic carbocycles. The highest BCUT2D eigenvalue weighted by molar-refractivity contribution is 7.87. The predicted octanol–water partition coefficient (Wildman–Crippen LogP) is 2.12. The van der Waals surface area contributed by atoms with E-state index in [1.807, 2.05) is 25.1 Å². The van der Waals surface area contributed by atoms with Gasteiger partial charge in [-0.2, -0.15) is 13.5 Å². The van der Waals surface area contributed by atoms with Crippen LogP contribution in [-0.4, -0.2) is 28.6 Å². The smallest absolute Gasteiger partial charge is 0.323 e. The summed E-state index contributed by atoms with van der Waals surface area (Å²) in [5.41, 5.74) is 1.87. The van der Waals surface area contributed by atoms with E-state index in [1.165, 1.54) is 18.9 Å². The zero-order valence-electron chi connectivity index (χ0n) is 14.8. The number of hydrogen-bond acceptors (Lipinski definition) is 8. The molecule has 0 aliphatic heterocycles. The van der Waals surface area contributed by atoms with Crippen molar-refractivity contribution in [2.45, 2.75) is 29.9 Å². The Bertz CT molecular complexity index is 1160. The van der Waals surface area contributed by atoms with Crippen molar-refractivity contribution in [2.75, 3.05) is 5.32 Å². The molecule has 0 bridgehead atoms. The number of nitrogens with zero attached hydrogens (tertiary/aromatic N) is 3. The van der Waals surface area contributed by atoms with Crippen LogP contribution in [0.5, 0.6) is 0 Å². The Balaban J connectivity index is 1.67. The van der Waals surface area contributed by atoms with Gasteiger partial charge in [0.25, 0.3) is 0 Å². The number of anilines is 2. The van der Waals surface area contributed by atoms with Crippen LogP contribution >= 0.6 is 11.3 Å². The average Bonchev–Trinajstić information content (AvgIpc) is 3.22. The van der Waals surface area contributed by atoms with Crippen molar-refractivity contribution in [3.8, 4) is 10.7 Å². The number of thiophene rings is 1. The summed E-state index contributed by atoms with van der Waals surface area (Å²) in [7, 11) is -4.04. The molecular weight excluding hydrogens is 400 g/mol. The Morgan fingerprint density at radius 2 is 2.18 bits per heavy atom. The molecule has 3 aromatic heterocycles. The zero-order valence-corrected chi connectivity index (χ0v) is 16.5. The summed E-state index contributed by atoms with van der Waals surface area (Å²) in [4.78, 5) is 20.0. The monoisotopic (exact) mass is 417 g/mol. The van der Waals surface area contributed by atoms with E-state index in [4.69, 9.17) is 0 Å². The first-order valence-corrected chi connectivity index (χ1v) is 10.9. The molecule has 0 amide bonds. The SMILES string of the molecule is C/C=C\c1cnc(-c2ccc(S(=O)(=O)[NH+]=O)s2)nc1Nc1cc(C2CC2)[nH]n1. The largest absolute Gasteiger partial charge is 0.445 e. The van der Waals surface area contributed by atoms with Crippen LogP contribution in [0.4, 0.5) is 11.6 Å². The van der Waals surface area contributed by atoms with Crippen molar-refractivity contribution in [1.82, 2.24) is 20.2 Å². The maximum atomic E-state index is 11.7. The molecule has 1 aliphatic rings. The van der Waals surface area contributed by atoms with Crippen molar-refractivity contribution in [1.29, 1.82) is 0 Å². The maximum Gasteiger partial charge on any atom is 0.445 e. The summed E-state index contributed by atoms with van der Waals surface area (Å²) in [5.74, 6) is 2.12. The molecular formula is C17H17N6O3S2+. The van der Waals surface area contributed by atoms with Gasteiger partial charge in [-0.05, 0) is 31.9 Å². The van der Waals surface area contributed by atoms with E-state index in [-0.39, 0.29) is 4.21 Å². The predicted molar refractivity (Wildman–Crippen MR) is 105 cm³/mol. The molecule has 28 heavy (non-hydrogen) atoms. The van der Waals surface area contributed by atoms with Crippen LogP contribution < -0.4 is 9.90 Å². The van der Waals surface area contributed by atoms with Crippen LogP contribution in [0.15, 0.2) is 34.7 Å². The average molecular weight is 417 g/mol. The Morgan fingerprint density at radius 1 is 1.36 bits per heavy atom. The first kappa shape index (κ1) is 18.4. The van der Waals surface area contributed by atoms with Gasteiger partial charge in [0.1, 0.15) is 10.4 Å². The number of rotatable bonds is 7. The third-order valence-electron chi connectivity index (χ3n) is 4.20. The number of sulfonamides is 1. The second kappa shape index (κ2) is 7.24. The van der Waals surface area contributed by atoms with Gasteiger partial charge >= 0.3 is 10.0 Å². The van der Waals surface area contributed by atoms with Crippen LogP contribution in [0.25, 0.3) is 16.8 Å². The first-order valence-electron chi connectivity index (χ1n) is 8.56. The summed E-state index contributed by atoms with van der Waals surface area (Å²) in [5, 5.41) is 10.5. The van der Waals surface area contributed by atoms with Crippen molar-refractivity contribution in [3.05, 3.63) is 46.6 Å². The third-order valence-corrected chi connectivity index (χ3v) is 6.87. The fourth-order valence-electron chi connectivity index (χ4n) is 2.66. The molecule has 0 unspecified atom stereocenters. The Hall–Kier alpha value is -2.92. The third kappa shape index (κ3) is 3.71. The number of H-pyrrole nitrogens is 1. The number of aromatic nitrogens is 4. The topological polar surface area (TPSA) is 132 Å². The molecule has 4 rings (SSSR count). The Morgan fingerprint density at radius 3 is 2.89 bits per heavy atom. The van der Waals surface area contributed by atoms with E-state index in [9.17, 15) is 13.3 Å². The number of nitrogens with one attached hydrogen (secondary N) is 3. The van der Waals surface area contributed by atoms with Crippen LogP contribution in [0.1, 0.15) is 36.9 Å². The number of allylic oxidation sites excluding steroid dienone is 1. The molecule has 0 spiro atoms. The Kier molecular flexibility index (Phi) is 4.77. The lowest BCUT2D eigenvalue weighted by Crippen LogP contribution is -2.68. The lowest BCUT2D eigenvalue weighted by atomic mass is 10.2. The van der Waals surface area contributed by atoms with E-state index < -0.39 is 10.0 Å². The van der Waals surface area contributed by atoms with Crippen molar-refractivity contribution in [2.24, 2.45) is 0 Å². The fourth-order valence-corrected chi connectivity index (χ4v) is 4.48. The van der Waals surface area contributed by atoms with E-state index in [0.29, 0.717) is 28.3 Å². The summed E-state index contributed by atoms with van der Waals surface area (Å²) < 4.78 is 24.3. The molecule has 3 heterocycles. The number of aromatic amines is 1. The second-order valence-corrected chi connectivity index (χ2v) is 9.27. The molecule has 144 valence electrons. The normalized spacial score (nSPS) is 14.5. The fraction of sp³-hybridized carbons (Fsp3) is 0.235. The van der Waals surface area contributed by atoms with Crippen LogP contribution in [0, 0.1) is 4.91 Å². The summed E-state index contributed by atoms with van der Waals surface area (Å²) >= 11 is 0.925. The van der Waals surface area contributed by atoms with Crippen LogP contribution in [0.2, 0.25) is 0 Å². The minimum Gasteiger partial charge on any atom is -0.323 e. The summed E-state index contributed by atoms with van der Waals surface area (Å²) in [6.07, 6.45) is 7.74. The van der Waals surface area contributed by atoms with Gasteiger partial charge in [-0.15, -0.1) is 11.3 Å². The highest BCUT2D eigenvalue weighted by Crippen LogP contribution is 2.39. The lowest BCUT2D eigenvalue weighted by molar-refractivity contribution is -0.294. The molecule has 9 nitrogen and oxygen atoms in total. The van der Waals surface area contributed by atoms with Crippen molar-refractivity contribution >= 4 is 39.1 Å². The molecule has 0 atom stereocenters. The lowest BCUT2D eigenvalue weighted by Gasteiger charge is -2.07. The number of hydrogen-bond donors (Lipinski definition) is 3.